The highest BCUT2D eigenvalue weighted by molar-refractivity contribution is 8.00. The van der Waals surface area contributed by atoms with Gasteiger partial charge in [0.2, 0.25) is 5.91 Å². The first-order valence-corrected chi connectivity index (χ1v) is 8.53. The number of anilines is 1. The van der Waals surface area contributed by atoms with Crippen LogP contribution in [0.2, 0.25) is 0 Å². The van der Waals surface area contributed by atoms with Gasteiger partial charge in [0.15, 0.2) is 0 Å². The molecule has 124 valence electrons. The predicted octanol–water partition coefficient (Wildman–Crippen LogP) is 2.47. The van der Waals surface area contributed by atoms with Crippen LogP contribution in [0.4, 0.5) is 14.9 Å². The topological polar surface area (TPSA) is 61.4 Å². The van der Waals surface area contributed by atoms with Crippen molar-refractivity contribution in [3.63, 3.8) is 0 Å². The Labute approximate surface area is 139 Å². The molecule has 1 aliphatic heterocycles. The molecule has 2 rings (SSSR count). The minimum absolute atomic E-state index is 0.0659. The number of carbonyl (C=O) groups excluding carboxylic acids is 2. The third kappa shape index (κ3) is 5.59. The molecule has 0 saturated carbocycles. The minimum atomic E-state index is -0.352. The van der Waals surface area contributed by atoms with Crippen molar-refractivity contribution in [2.24, 2.45) is 0 Å². The van der Waals surface area contributed by atoms with Gasteiger partial charge in [-0.3, -0.25) is 4.79 Å². The summed E-state index contributed by atoms with van der Waals surface area (Å²) in [5, 5.41) is 5.48. The van der Waals surface area contributed by atoms with Crippen LogP contribution in [0.1, 0.15) is 6.42 Å². The monoisotopic (exact) mass is 337 g/mol. The van der Waals surface area contributed by atoms with E-state index in [1.807, 2.05) is 0 Å². The Hall–Kier alpha value is -2.02. The summed E-state index contributed by atoms with van der Waals surface area (Å²) in [6, 6.07) is 5.14. The van der Waals surface area contributed by atoms with Gasteiger partial charge < -0.3 is 15.5 Å². The number of nitrogens with zero attached hydrogens (tertiary/aromatic N) is 1. The maximum atomic E-state index is 12.8. The van der Waals surface area contributed by atoms with Crippen LogP contribution in [0.15, 0.2) is 36.9 Å². The Morgan fingerprint density at radius 1 is 1.39 bits per heavy atom. The van der Waals surface area contributed by atoms with Crippen molar-refractivity contribution < 1.29 is 14.0 Å². The van der Waals surface area contributed by atoms with Crippen molar-refractivity contribution in [2.45, 2.75) is 12.5 Å². The maximum absolute atomic E-state index is 12.8. The molecule has 0 bridgehead atoms. The van der Waals surface area contributed by atoms with E-state index in [1.54, 1.807) is 11.0 Å². The van der Waals surface area contributed by atoms with Crippen LogP contribution in [0.5, 0.6) is 0 Å². The van der Waals surface area contributed by atoms with Crippen LogP contribution in [-0.2, 0) is 4.79 Å². The van der Waals surface area contributed by atoms with Gasteiger partial charge in [-0.2, -0.15) is 0 Å². The molecule has 7 heteroatoms. The van der Waals surface area contributed by atoms with Gasteiger partial charge in [0.1, 0.15) is 5.82 Å². The average molecular weight is 337 g/mol. The van der Waals surface area contributed by atoms with Crippen molar-refractivity contribution in [2.75, 3.05) is 29.9 Å². The van der Waals surface area contributed by atoms with Crippen LogP contribution in [-0.4, -0.2) is 47.5 Å². The Morgan fingerprint density at radius 3 is 2.83 bits per heavy atom. The van der Waals surface area contributed by atoms with Gasteiger partial charge in [-0.1, -0.05) is 6.08 Å². The van der Waals surface area contributed by atoms with E-state index in [1.165, 1.54) is 36.0 Å². The fourth-order valence-corrected chi connectivity index (χ4v) is 2.95. The molecule has 2 N–H and O–H groups in total. The van der Waals surface area contributed by atoms with Crippen LogP contribution < -0.4 is 10.6 Å². The van der Waals surface area contributed by atoms with Gasteiger partial charge in [0.25, 0.3) is 0 Å². The van der Waals surface area contributed by atoms with E-state index in [0.717, 1.165) is 12.2 Å². The average Bonchev–Trinajstić information content (AvgIpc) is 2.98. The van der Waals surface area contributed by atoms with Gasteiger partial charge in [-0.15, -0.1) is 18.3 Å². The van der Waals surface area contributed by atoms with Crippen molar-refractivity contribution >= 4 is 29.4 Å². The molecule has 23 heavy (non-hydrogen) atoms. The van der Waals surface area contributed by atoms with E-state index in [0.29, 0.717) is 24.5 Å². The first kappa shape index (κ1) is 17.3. The van der Waals surface area contributed by atoms with Gasteiger partial charge >= 0.3 is 6.03 Å². The lowest BCUT2D eigenvalue weighted by Crippen LogP contribution is -2.41. The molecule has 1 saturated heterocycles. The molecule has 1 fully saturated rings. The molecular formula is C16H20FN3O2S. The molecular weight excluding hydrogens is 317 g/mol. The van der Waals surface area contributed by atoms with Crippen LogP contribution >= 0.6 is 11.8 Å². The zero-order valence-electron chi connectivity index (χ0n) is 12.8. The molecule has 1 atom stereocenters. The zero-order chi connectivity index (χ0) is 16.7. The summed E-state index contributed by atoms with van der Waals surface area (Å²) in [7, 11) is 0. The highest BCUT2D eigenvalue weighted by Gasteiger charge is 2.26. The van der Waals surface area contributed by atoms with Crippen LogP contribution in [0, 0.1) is 5.82 Å². The van der Waals surface area contributed by atoms with Gasteiger partial charge in [-0.05, 0) is 30.7 Å². The molecule has 5 nitrogen and oxygen atoms in total. The molecule has 0 radical (unpaired) electrons. The molecule has 0 aromatic heterocycles. The molecule has 0 aliphatic carbocycles. The van der Waals surface area contributed by atoms with E-state index in [2.05, 4.69) is 17.2 Å². The summed E-state index contributed by atoms with van der Waals surface area (Å²) in [6.07, 6.45) is 2.50. The number of urea groups is 1. The molecule has 3 amide bonds. The highest BCUT2D eigenvalue weighted by Crippen LogP contribution is 2.13. The van der Waals surface area contributed by atoms with Gasteiger partial charge in [-0.25, -0.2) is 9.18 Å². The summed E-state index contributed by atoms with van der Waals surface area (Å²) in [5.74, 6) is 0.914. The van der Waals surface area contributed by atoms with E-state index >= 15 is 0 Å². The quantitative estimate of drug-likeness (QED) is 0.619. The smallest absolute Gasteiger partial charge is 0.319 e. The maximum Gasteiger partial charge on any atom is 0.319 e. The lowest BCUT2D eigenvalue weighted by atomic mass is 10.3. The zero-order valence-corrected chi connectivity index (χ0v) is 13.6. The molecule has 1 heterocycles. The standard InChI is InChI=1S/C16H20FN3O2S/c1-2-9-23-11-15(21)20-8-7-14(10-20)19-16(22)18-13-5-3-12(17)4-6-13/h2-6,14H,1,7-11H2,(H2,18,19,22). The normalized spacial score (nSPS) is 16.9. The number of hydrogen-bond donors (Lipinski definition) is 2. The first-order chi connectivity index (χ1) is 11.1. The van der Waals surface area contributed by atoms with Crippen molar-refractivity contribution in [3.8, 4) is 0 Å². The highest BCUT2D eigenvalue weighted by atomic mass is 32.2. The third-order valence-corrected chi connectivity index (χ3v) is 4.36. The largest absolute Gasteiger partial charge is 0.340 e. The number of amides is 3. The number of rotatable bonds is 6. The Morgan fingerprint density at radius 2 is 2.13 bits per heavy atom. The number of halogens is 1. The van der Waals surface area contributed by atoms with E-state index in [4.69, 9.17) is 0 Å². The number of benzene rings is 1. The Kier molecular flexibility index (Phi) is 6.46. The van der Waals surface area contributed by atoms with E-state index in [9.17, 15) is 14.0 Å². The summed E-state index contributed by atoms with van der Waals surface area (Å²) in [6.45, 7) is 4.78. The van der Waals surface area contributed by atoms with Gasteiger partial charge in [0.05, 0.1) is 5.75 Å². The lowest BCUT2D eigenvalue weighted by Gasteiger charge is -2.17. The second kappa shape index (κ2) is 8.57. The van der Waals surface area contributed by atoms with E-state index < -0.39 is 0 Å². The fraction of sp³-hybridized carbons (Fsp3) is 0.375. The number of hydrogen-bond acceptors (Lipinski definition) is 3. The van der Waals surface area contributed by atoms with Gasteiger partial charge in [0, 0.05) is 30.6 Å². The summed E-state index contributed by atoms with van der Waals surface area (Å²) >= 11 is 1.53. The molecule has 1 aromatic carbocycles. The second-order valence-corrected chi connectivity index (χ2v) is 6.26. The number of likely N-dealkylation sites (tertiary alicyclic amines) is 1. The number of thioether (sulfide) groups is 1. The second-order valence-electron chi connectivity index (χ2n) is 5.23. The SMILES string of the molecule is C=CCSCC(=O)N1CCC(NC(=O)Nc2ccc(F)cc2)C1. The molecule has 1 unspecified atom stereocenters. The lowest BCUT2D eigenvalue weighted by molar-refractivity contribution is -0.127. The van der Waals surface area contributed by atoms with Crippen LogP contribution in [0.3, 0.4) is 0 Å². The summed E-state index contributed by atoms with van der Waals surface area (Å²) in [5.41, 5.74) is 0.524. The summed E-state index contributed by atoms with van der Waals surface area (Å²) < 4.78 is 12.8. The molecule has 1 aromatic rings. The number of carbonyl (C=O) groups is 2. The van der Waals surface area contributed by atoms with Crippen LogP contribution in [0.25, 0.3) is 0 Å². The Bertz CT molecular complexity index is 565. The van der Waals surface area contributed by atoms with E-state index in [-0.39, 0.29) is 23.8 Å². The minimum Gasteiger partial charge on any atom is -0.340 e. The Balaban J connectivity index is 1.74. The fourth-order valence-electron chi connectivity index (χ4n) is 2.31. The first-order valence-electron chi connectivity index (χ1n) is 7.38. The summed E-state index contributed by atoms with van der Waals surface area (Å²) in [4.78, 5) is 25.7. The number of nitrogens with one attached hydrogen (secondary N) is 2. The van der Waals surface area contributed by atoms with Crippen molar-refractivity contribution in [1.82, 2.24) is 10.2 Å². The predicted molar refractivity (Wildman–Crippen MR) is 91.1 cm³/mol. The third-order valence-electron chi connectivity index (χ3n) is 3.44. The van der Waals surface area contributed by atoms with Crippen molar-refractivity contribution in [1.29, 1.82) is 0 Å². The molecule has 1 aliphatic rings. The van der Waals surface area contributed by atoms with Crippen molar-refractivity contribution in [3.05, 3.63) is 42.7 Å². The molecule has 0 spiro atoms.